The van der Waals surface area contributed by atoms with Crippen molar-refractivity contribution in [3.05, 3.63) is 70.7 Å². The van der Waals surface area contributed by atoms with Crippen molar-refractivity contribution in [2.45, 2.75) is 26.0 Å². The largest absolute Gasteiger partial charge is 0.458 e. The van der Waals surface area contributed by atoms with Crippen LogP contribution >= 0.6 is 11.6 Å². The van der Waals surface area contributed by atoms with Crippen molar-refractivity contribution in [2.75, 3.05) is 13.1 Å². The Balaban J connectivity index is 1.53. The summed E-state index contributed by atoms with van der Waals surface area (Å²) in [4.78, 5) is 14.6. The maximum absolute atomic E-state index is 12.2. The number of hydrogen-bond acceptors (Lipinski definition) is 3. The molecule has 0 radical (unpaired) electrons. The number of piperidine rings is 1. The van der Waals surface area contributed by atoms with E-state index in [9.17, 15) is 4.79 Å². The highest BCUT2D eigenvalue weighted by Crippen LogP contribution is 2.23. The fraction of sp³-hybridized carbons (Fsp3) is 0.350. The number of halogens is 1. The van der Waals surface area contributed by atoms with E-state index in [0.29, 0.717) is 11.5 Å². The standard InChI is InChI=1S/C20H22ClNO2/c1-15-13-22(14-16-7-9-18(21)10-8-16)12-11-19(15)24-20(23)17-5-3-2-4-6-17/h2-10,15,19H,11-14H2,1H3. The number of esters is 1. The molecule has 2 atom stereocenters. The van der Waals surface area contributed by atoms with Crippen LogP contribution in [0.2, 0.25) is 5.02 Å². The molecule has 2 unspecified atom stereocenters. The molecule has 0 spiro atoms. The minimum atomic E-state index is -0.224. The molecule has 1 aliphatic heterocycles. The Morgan fingerprint density at radius 1 is 1.17 bits per heavy atom. The van der Waals surface area contributed by atoms with Gasteiger partial charge < -0.3 is 4.74 Å². The lowest BCUT2D eigenvalue weighted by atomic mass is 9.96. The fourth-order valence-corrected chi connectivity index (χ4v) is 3.28. The molecule has 1 fully saturated rings. The van der Waals surface area contributed by atoms with Gasteiger partial charge in [0, 0.05) is 30.6 Å². The summed E-state index contributed by atoms with van der Waals surface area (Å²) < 4.78 is 5.72. The highest BCUT2D eigenvalue weighted by molar-refractivity contribution is 6.30. The van der Waals surface area contributed by atoms with Crippen LogP contribution < -0.4 is 0 Å². The maximum Gasteiger partial charge on any atom is 0.338 e. The number of likely N-dealkylation sites (tertiary alicyclic amines) is 1. The molecule has 126 valence electrons. The van der Waals surface area contributed by atoms with Crippen molar-refractivity contribution in [2.24, 2.45) is 5.92 Å². The summed E-state index contributed by atoms with van der Waals surface area (Å²) in [6, 6.07) is 17.2. The molecule has 2 aromatic rings. The van der Waals surface area contributed by atoms with E-state index in [0.717, 1.165) is 31.1 Å². The number of benzene rings is 2. The van der Waals surface area contributed by atoms with E-state index >= 15 is 0 Å². The van der Waals surface area contributed by atoms with Gasteiger partial charge in [0.15, 0.2) is 0 Å². The molecule has 1 heterocycles. The van der Waals surface area contributed by atoms with Crippen LogP contribution in [0.3, 0.4) is 0 Å². The Hall–Kier alpha value is -1.84. The average molecular weight is 344 g/mol. The Bertz CT molecular complexity index is 672. The minimum absolute atomic E-state index is 0.0147. The fourth-order valence-electron chi connectivity index (χ4n) is 3.16. The summed E-state index contributed by atoms with van der Waals surface area (Å²) in [5, 5.41) is 0.763. The van der Waals surface area contributed by atoms with E-state index in [1.165, 1.54) is 5.56 Å². The van der Waals surface area contributed by atoms with Gasteiger partial charge in [0.2, 0.25) is 0 Å². The van der Waals surface area contributed by atoms with E-state index in [2.05, 4.69) is 24.0 Å². The molecule has 4 heteroatoms. The van der Waals surface area contributed by atoms with Crippen molar-refractivity contribution in [1.82, 2.24) is 4.90 Å². The van der Waals surface area contributed by atoms with Crippen molar-refractivity contribution >= 4 is 17.6 Å². The molecule has 0 amide bonds. The van der Waals surface area contributed by atoms with Gasteiger partial charge in [-0.1, -0.05) is 48.9 Å². The van der Waals surface area contributed by atoms with E-state index in [-0.39, 0.29) is 12.1 Å². The summed E-state index contributed by atoms with van der Waals surface area (Å²) in [6.07, 6.45) is 0.854. The van der Waals surface area contributed by atoms with Crippen molar-refractivity contribution in [1.29, 1.82) is 0 Å². The van der Waals surface area contributed by atoms with Crippen LogP contribution in [0, 0.1) is 5.92 Å². The lowest BCUT2D eigenvalue weighted by Crippen LogP contribution is -2.43. The Labute approximate surface area is 148 Å². The van der Waals surface area contributed by atoms with Crippen molar-refractivity contribution < 1.29 is 9.53 Å². The van der Waals surface area contributed by atoms with Crippen LogP contribution in [-0.2, 0) is 11.3 Å². The van der Waals surface area contributed by atoms with Crippen molar-refractivity contribution in [3.63, 3.8) is 0 Å². The van der Waals surface area contributed by atoms with Gasteiger partial charge in [0.25, 0.3) is 0 Å². The number of hydrogen-bond donors (Lipinski definition) is 0. The van der Waals surface area contributed by atoms with E-state index < -0.39 is 0 Å². The first-order valence-corrected chi connectivity index (χ1v) is 8.72. The highest BCUT2D eigenvalue weighted by atomic mass is 35.5. The summed E-state index contributed by atoms with van der Waals surface area (Å²) in [5.74, 6) is 0.0947. The predicted octanol–water partition coefficient (Wildman–Crippen LogP) is 4.41. The normalized spacial score (nSPS) is 21.4. The third kappa shape index (κ3) is 4.37. The zero-order valence-electron chi connectivity index (χ0n) is 13.8. The third-order valence-electron chi connectivity index (χ3n) is 4.50. The quantitative estimate of drug-likeness (QED) is 0.770. The number of nitrogens with zero attached hydrogens (tertiary/aromatic N) is 1. The lowest BCUT2D eigenvalue weighted by Gasteiger charge is -2.36. The molecule has 0 bridgehead atoms. The SMILES string of the molecule is CC1CN(Cc2ccc(Cl)cc2)CCC1OC(=O)c1ccccc1. The second-order valence-corrected chi connectivity index (χ2v) is 6.87. The molecule has 24 heavy (non-hydrogen) atoms. The van der Waals surface area contributed by atoms with E-state index in [1.807, 2.05) is 30.3 Å². The van der Waals surface area contributed by atoms with E-state index in [4.69, 9.17) is 16.3 Å². The van der Waals surface area contributed by atoms with Gasteiger partial charge in [0.1, 0.15) is 6.10 Å². The Morgan fingerprint density at radius 2 is 1.88 bits per heavy atom. The molecule has 1 aliphatic rings. The molecule has 2 aromatic carbocycles. The van der Waals surface area contributed by atoms with Crippen LogP contribution in [0.25, 0.3) is 0 Å². The van der Waals surface area contributed by atoms with Gasteiger partial charge in [-0.2, -0.15) is 0 Å². The number of ether oxygens (including phenoxy) is 1. The van der Waals surface area contributed by atoms with Gasteiger partial charge >= 0.3 is 5.97 Å². The second kappa shape index (κ2) is 7.82. The zero-order chi connectivity index (χ0) is 16.9. The minimum Gasteiger partial charge on any atom is -0.458 e. The first-order chi connectivity index (χ1) is 11.6. The second-order valence-electron chi connectivity index (χ2n) is 6.44. The Kier molecular flexibility index (Phi) is 5.54. The van der Waals surface area contributed by atoms with Crippen LogP contribution in [-0.4, -0.2) is 30.1 Å². The van der Waals surface area contributed by atoms with Gasteiger partial charge in [-0.15, -0.1) is 0 Å². The molecule has 1 saturated heterocycles. The molecule has 0 N–H and O–H groups in total. The molecule has 0 saturated carbocycles. The van der Waals surface area contributed by atoms with Gasteiger partial charge in [-0.05, 0) is 36.2 Å². The van der Waals surface area contributed by atoms with Crippen LogP contribution in [0.4, 0.5) is 0 Å². The summed E-state index contributed by atoms with van der Waals surface area (Å²) in [7, 11) is 0. The number of rotatable bonds is 4. The van der Waals surface area contributed by atoms with Gasteiger partial charge in [0.05, 0.1) is 5.56 Å². The van der Waals surface area contributed by atoms with Gasteiger partial charge in [-0.25, -0.2) is 4.79 Å². The molecule has 0 aliphatic carbocycles. The molecule has 3 nitrogen and oxygen atoms in total. The average Bonchev–Trinajstić information content (AvgIpc) is 2.60. The third-order valence-corrected chi connectivity index (χ3v) is 4.75. The van der Waals surface area contributed by atoms with Gasteiger partial charge in [-0.3, -0.25) is 4.90 Å². The lowest BCUT2D eigenvalue weighted by molar-refractivity contribution is -0.0119. The Morgan fingerprint density at radius 3 is 2.54 bits per heavy atom. The molecule has 0 aromatic heterocycles. The smallest absolute Gasteiger partial charge is 0.338 e. The predicted molar refractivity (Wildman–Crippen MR) is 96.2 cm³/mol. The summed E-state index contributed by atoms with van der Waals surface area (Å²) >= 11 is 5.93. The van der Waals surface area contributed by atoms with Crippen LogP contribution in [0.15, 0.2) is 54.6 Å². The summed E-state index contributed by atoms with van der Waals surface area (Å²) in [5.41, 5.74) is 1.87. The zero-order valence-corrected chi connectivity index (χ0v) is 14.6. The van der Waals surface area contributed by atoms with Crippen LogP contribution in [0.5, 0.6) is 0 Å². The first-order valence-electron chi connectivity index (χ1n) is 8.34. The van der Waals surface area contributed by atoms with Crippen molar-refractivity contribution in [3.8, 4) is 0 Å². The molecule has 3 rings (SSSR count). The maximum atomic E-state index is 12.2. The summed E-state index contributed by atoms with van der Waals surface area (Å²) in [6.45, 7) is 4.91. The molecular weight excluding hydrogens is 322 g/mol. The van der Waals surface area contributed by atoms with Crippen LogP contribution in [0.1, 0.15) is 29.3 Å². The monoisotopic (exact) mass is 343 g/mol. The van der Waals surface area contributed by atoms with E-state index in [1.54, 1.807) is 12.1 Å². The number of carbonyl (C=O) groups is 1. The first kappa shape index (κ1) is 17.0. The number of carbonyl (C=O) groups excluding carboxylic acids is 1. The molecular formula is C20H22ClNO2. The topological polar surface area (TPSA) is 29.5 Å². The highest BCUT2D eigenvalue weighted by Gasteiger charge is 2.29.